The van der Waals surface area contributed by atoms with Crippen LogP contribution < -0.4 is 0 Å². The van der Waals surface area contributed by atoms with Crippen molar-refractivity contribution in [2.75, 3.05) is 0 Å². The molecule has 0 bridgehead atoms. The molecule has 11 heteroatoms. The van der Waals surface area contributed by atoms with Crippen LogP contribution in [0.25, 0.3) is 11.4 Å². The Balaban J connectivity index is 1.63. The van der Waals surface area contributed by atoms with Gasteiger partial charge in [-0.25, -0.2) is 27.8 Å². The van der Waals surface area contributed by atoms with E-state index in [-0.39, 0.29) is 17.9 Å². The highest BCUT2D eigenvalue weighted by Crippen LogP contribution is 2.40. The number of nitrogens with zero attached hydrogens (tertiary/aromatic N) is 5. The van der Waals surface area contributed by atoms with Crippen molar-refractivity contribution in [3.05, 3.63) is 78.1 Å². The van der Waals surface area contributed by atoms with Crippen LogP contribution in [0, 0.1) is 17.5 Å². The molecule has 31 heavy (non-hydrogen) atoms. The molecule has 0 saturated heterocycles. The number of rotatable bonds is 7. The number of hydrogen-bond donors (Lipinski definition) is 1. The number of aromatic nitrogens is 5. The summed E-state index contributed by atoms with van der Waals surface area (Å²) in [5.74, 6) is -1.54. The average Bonchev–Trinajstić information content (AvgIpc) is 3.40. The number of benzene rings is 2. The highest BCUT2D eigenvalue weighted by Gasteiger charge is 2.40. The molecule has 2 atom stereocenters. The Morgan fingerprint density at radius 3 is 2.55 bits per heavy atom. The van der Waals surface area contributed by atoms with Gasteiger partial charge in [-0.3, -0.25) is 0 Å². The van der Waals surface area contributed by atoms with Crippen LogP contribution in [0.3, 0.4) is 0 Å². The van der Waals surface area contributed by atoms with Crippen LogP contribution in [-0.2, 0) is 12.1 Å². The van der Waals surface area contributed by atoms with E-state index < -0.39 is 22.5 Å². The van der Waals surface area contributed by atoms with Crippen molar-refractivity contribution in [1.82, 2.24) is 24.1 Å². The maximum Gasteiger partial charge on any atom is 0.174 e. The third-order valence-corrected chi connectivity index (χ3v) is 6.79. The summed E-state index contributed by atoms with van der Waals surface area (Å²) in [7, 11) is 0. The lowest BCUT2D eigenvalue weighted by molar-refractivity contribution is 0.0133. The fraction of sp³-hybridized carbons (Fsp3) is 0.200. The van der Waals surface area contributed by atoms with E-state index >= 15 is 0 Å². The molecule has 160 valence electrons. The zero-order chi connectivity index (χ0) is 22.0. The Hall–Kier alpha value is -2.76. The average molecular weight is 464 g/mol. The van der Waals surface area contributed by atoms with Crippen LogP contribution in [0.15, 0.2) is 59.5 Å². The molecule has 0 spiro atoms. The molecule has 0 radical (unpaired) electrons. The van der Waals surface area contributed by atoms with Crippen molar-refractivity contribution in [2.45, 2.75) is 28.7 Å². The Morgan fingerprint density at radius 1 is 1.13 bits per heavy atom. The van der Waals surface area contributed by atoms with Gasteiger partial charge in [0.25, 0.3) is 0 Å². The molecular weight excluding hydrogens is 447 g/mol. The van der Waals surface area contributed by atoms with Gasteiger partial charge in [0.1, 0.15) is 35.7 Å². The molecule has 2 heterocycles. The summed E-state index contributed by atoms with van der Waals surface area (Å²) in [6.45, 7) is 1.61. The second-order valence-electron chi connectivity index (χ2n) is 6.79. The number of halogens is 3. The largest absolute Gasteiger partial charge is 0.382 e. The van der Waals surface area contributed by atoms with Gasteiger partial charge in [-0.2, -0.15) is 9.47 Å². The maximum absolute atomic E-state index is 14.6. The van der Waals surface area contributed by atoms with Crippen molar-refractivity contribution in [1.29, 1.82) is 0 Å². The summed E-state index contributed by atoms with van der Waals surface area (Å²) >= 11 is 2.31. The van der Waals surface area contributed by atoms with E-state index in [2.05, 4.69) is 19.4 Å². The minimum atomic E-state index is -1.75. The summed E-state index contributed by atoms with van der Waals surface area (Å²) in [6.07, 6.45) is 2.71. The molecule has 4 rings (SSSR count). The third-order valence-electron chi connectivity index (χ3n) is 4.73. The zero-order valence-electron chi connectivity index (χ0n) is 16.1. The predicted octanol–water partition coefficient (Wildman–Crippen LogP) is 4.28. The third kappa shape index (κ3) is 4.63. The van der Waals surface area contributed by atoms with Gasteiger partial charge in [-0.1, -0.05) is 17.8 Å². The standard InChI is InChI=1S/C20H16F3N5OS2/c1-12(30-19-26-18(27-31-19)13-2-4-14(21)5-3-13)20(29,9-28-11-24-10-25-28)16-7-6-15(22)8-17(16)23/h2-8,10-12,29H,9H2,1H3/t12-,20-/m1/s1. The molecule has 0 fully saturated rings. The van der Waals surface area contributed by atoms with E-state index in [0.717, 1.165) is 23.7 Å². The van der Waals surface area contributed by atoms with Gasteiger partial charge in [0, 0.05) is 22.4 Å². The monoisotopic (exact) mass is 463 g/mol. The Morgan fingerprint density at radius 2 is 1.87 bits per heavy atom. The van der Waals surface area contributed by atoms with E-state index in [1.165, 1.54) is 47.3 Å². The molecule has 0 aliphatic heterocycles. The lowest BCUT2D eigenvalue weighted by Gasteiger charge is -2.33. The number of aliphatic hydroxyl groups is 1. The highest BCUT2D eigenvalue weighted by molar-refractivity contribution is 8.01. The van der Waals surface area contributed by atoms with Crippen LogP contribution in [-0.4, -0.2) is 34.5 Å². The first-order chi connectivity index (χ1) is 14.8. The SMILES string of the molecule is C[C@@H](Sc1nc(-c2ccc(F)cc2)ns1)[C@](O)(Cn1cncn1)c1ccc(F)cc1F. The minimum Gasteiger partial charge on any atom is -0.382 e. The first kappa shape index (κ1) is 21.5. The van der Waals surface area contributed by atoms with Gasteiger partial charge in [-0.05, 0) is 48.8 Å². The first-order valence-electron chi connectivity index (χ1n) is 9.12. The minimum absolute atomic E-state index is 0.0623. The Kier molecular flexibility index (Phi) is 6.08. The molecule has 1 N–H and O–H groups in total. The Bertz CT molecular complexity index is 1170. The first-order valence-corrected chi connectivity index (χ1v) is 10.8. The van der Waals surface area contributed by atoms with Crippen LogP contribution in [0.4, 0.5) is 13.2 Å². The maximum atomic E-state index is 14.6. The zero-order valence-corrected chi connectivity index (χ0v) is 17.7. The van der Waals surface area contributed by atoms with E-state index in [0.29, 0.717) is 15.7 Å². The smallest absolute Gasteiger partial charge is 0.174 e. The van der Waals surface area contributed by atoms with Gasteiger partial charge in [0.15, 0.2) is 10.2 Å². The van der Waals surface area contributed by atoms with Crippen LogP contribution in [0.1, 0.15) is 12.5 Å². The molecule has 0 aliphatic rings. The molecule has 6 nitrogen and oxygen atoms in total. The Labute approximate surface area is 184 Å². The van der Waals surface area contributed by atoms with E-state index in [1.807, 2.05) is 0 Å². The molecule has 0 saturated carbocycles. The van der Waals surface area contributed by atoms with Crippen LogP contribution in [0.5, 0.6) is 0 Å². The van der Waals surface area contributed by atoms with E-state index in [1.54, 1.807) is 19.1 Å². The molecule has 0 amide bonds. The topological polar surface area (TPSA) is 76.7 Å². The summed E-state index contributed by atoms with van der Waals surface area (Å²) in [4.78, 5) is 8.30. The summed E-state index contributed by atoms with van der Waals surface area (Å²) in [5.41, 5.74) is -1.16. The van der Waals surface area contributed by atoms with Crippen molar-refractivity contribution in [3.63, 3.8) is 0 Å². The second-order valence-corrected chi connectivity index (χ2v) is 9.13. The second kappa shape index (κ2) is 8.77. The van der Waals surface area contributed by atoms with Gasteiger partial charge in [-0.15, -0.1) is 0 Å². The summed E-state index contributed by atoms with van der Waals surface area (Å²) < 4.78 is 47.4. The van der Waals surface area contributed by atoms with E-state index in [9.17, 15) is 18.3 Å². The molecule has 4 aromatic rings. The fourth-order valence-electron chi connectivity index (χ4n) is 3.06. The van der Waals surface area contributed by atoms with Crippen molar-refractivity contribution in [3.8, 4) is 11.4 Å². The molecule has 0 aliphatic carbocycles. The van der Waals surface area contributed by atoms with Crippen LogP contribution in [0.2, 0.25) is 0 Å². The number of hydrogen-bond acceptors (Lipinski definition) is 7. The number of thioether (sulfide) groups is 1. The molecule has 2 aromatic heterocycles. The van der Waals surface area contributed by atoms with Crippen molar-refractivity contribution >= 4 is 23.3 Å². The van der Waals surface area contributed by atoms with Gasteiger partial charge >= 0.3 is 0 Å². The molecular formula is C20H16F3N5OS2. The molecule has 0 unspecified atom stereocenters. The van der Waals surface area contributed by atoms with Gasteiger partial charge in [0.05, 0.1) is 6.54 Å². The predicted molar refractivity (Wildman–Crippen MR) is 111 cm³/mol. The highest BCUT2D eigenvalue weighted by atomic mass is 32.2. The lowest BCUT2D eigenvalue weighted by atomic mass is 9.90. The van der Waals surface area contributed by atoms with Gasteiger partial charge < -0.3 is 5.11 Å². The van der Waals surface area contributed by atoms with Crippen molar-refractivity contribution < 1.29 is 18.3 Å². The van der Waals surface area contributed by atoms with Crippen molar-refractivity contribution in [2.24, 2.45) is 0 Å². The lowest BCUT2D eigenvalue weighted by Crippen LogP contribution is -2.41. The molecule has 2 aromatic carbocycles. The fourth-order valence-corrected chi connectivity index (χ4v) is 5.05. The quantitative estimate of drug-likeness (QED) is 0.412. The summed E-state index contributed by atoms with van der Waals surface area (Å²) in [5, 5.41) is 14.9. The normalized spacial score (nSPS) is 14.4. The van der Waals surface area contributed by atoms with Gasteiger partial charge in [0.2, 0.25) is 0 Å². The van der Waals surface area contributed by atoms with E-state index in [4.69, 9.17) is 0 Å². The van der Waals surface area contributed by atoms with Crippen LogP contribution >= 0.6 is 23.3 Å². The summed E-state index contributed by atoms with van der Waals surface area (Å²) in [6, 6.07) is 8.84.